The molecule has 32 heteroatoms. The molecule has 0 fully saturated rings. The van der Waals surface area contributed by atoms with Gasteiger partial charge in [0.2, 0.25) is 0 Å². The van der Waals surface area contributed by atoms with E-state index in [9.17, 15) is 80.2 Å². The molecular formula is C24H15F23O9. The number of hydrogen-bond acceptors (Lipinski definition) is 9. The van der Waals surface area contributed by atoms with Gasteiger partial charge in [-0.1, -0.05) is 19.7 Å². The van der Waals surface area contributed by atoms with Crippen molar-refractivity contribution >= 4 is 17.9 Å². The molecule has 9 nitrogen and oxygen atoms in total. The standard InChI is InChI=1S/C24H15F23O9/c1-4-10(48)51-7-13(25,18(30,31)32)54-22(42,43)16(17(28,29)21(39,40)41,23(44,45)55-14(26,19(33,34)35)8-52-11(49)5-2)24(46,47)56-15(27,20(36,37)38)9-53-12(50)6-3/h4-6H,1-3,7-9H2. The van der Waals surface area contributed by atoms with Crippen LogP contribution in [0.3, 0.4) is 0 Å². The number of alkyl halides is 23. The Morgan fingerprint density at radius 1 is 0.375 bits per heavy atom. The molecule has 0 aromatic carbocycles. The summed E-state index contributed by atoms with van der Waals surface area (Å²) in [4.78, 5) is 33.2. The van der Waals surface area contributed by atoms with Gasteiger partial charge in [0.05, 0.1) is 0 Å². The van der Waals surface area contributed by atoms with E-state index >= 15 is 35.1 Å². The number of carbonyl (C=O) groups is 3. The summed E-state index contributed by atoms with van der Waals surface area (Å²) in [5, 5.41) is 0. The first-order valence-electron chi connectivity index (χ1n) is 12.8. The van der Waals surface area contributed by atoms with Crippen molar-refractivity contribution in [3.8, 4) is 0 Å². The van der Waals surface area contributed by atoms with Crippen molar-refractivity contribution in [2.75, 3.05) is 19.8 Å². The van der Waals surface area contributed by atoms with E-state index in [0.717, 1.165) is 0 Å². The zero-order chi connectivity index (χ0) is 45.2. The van der Waals surface area contributed by atoms with Crippen molar-refractivity contribution in [2.45, 2.75) is 66.5 Å². The SMILES string of the molecule is C=CC(=O)OCC(F)(OC(F)(F)C(C(F)(F)OC(F)(COC(=O)C=C)C(F)(F)F)(C(F)(F)OC(F)(COC(=O)C=C)C(F)(F)F)C(F)(F)C(F)(F)F)C(F)(F)F. The monoisotopic (exact) mass is 884 g/mol. The second kappa shape index (κ2) is 16.0. The average molecular weight is 884 g/mol. The minimum atomic E-state index is -9.88. The lowest BCUT2D eigenvalue weighted by molar-refractivity contribution is -0.599. The van der Waals surface area contributed by atoms with Crippen LogP contribution < -0.4 is 0 Å². The van der Waals surface area contributed by atoms with Crippen molar-refractivity contribution in [1.29, 1.82) is 0 Å². The predicted molar refractivity (Wildman–Crippen MR) is 125 cm³/mol. The maximum absolute atomic E-state index is 15.6. The summed E-state index contributed by atoms with van der Waals surface area (Å²) in [5.74, 6) is -39.1. The second-order valence-corrected chi connectivity index (χ2v) is 9.79. The minimum Gasteiger partial charge on any atom is -0.456 e. The molecule has 0 aromatic heterocycles. The highest BCUT2D eigenvalue weighted by Gasteiger charge is 3.00. The van der Waals surface area contributed by atoms with Gasteiger partial charge in [-0.2, -0.15) is 101 Å². The number of hydrogen-bond donors (Lipinski definition) is 0. The molecule has 0 radical (unpaired) electrons. The van der Waals surface area contributed by atoms with Gasteiger partial charge in [-0.05, 0) is 0 Å². The zero-order valence-electron chi connectivity index (χ0n) is 25.8. The third kappa shape index (κ3) is 9.88. The fourth-order valence-corrected chi connectivity index (χ4v) is 3.28. The quantitative estimate of drug-likeness (QED) is 0.0555. The van der Waals surface area contributed by atoms with Crippen LogP contribution in [-0.2, 0) is 42.8 Å². The minimum absolute atomic E-state index is 0.380. The van der Waals surface area contributed by atoms with Gasteiger partial charge in [0.1, 0.15) is 0 Å². The molecule has 0 amide bonds. The Labute approximate surface area is 292 Å². The molecule has 0 rings (SSSR count). The van der Waals surface area contributed by atoms with Gasteiger partial charge >= 0.3 is 89.8 Å². The molecule has 0 spiro atoms. The van der Waals surface area contributed by atoms with Crippen LogP contribution in [-0.4, -0.2) is 104 Å². The Morgan fingerprint density at radius 3 is 0.714 bits per heavy atom. The smallest absolute Gasteiger partial charge is 0.455 e. The summed E-state index contributed by atoms with van der Waals surface area (Å²) >= 11 is 0. The first kappa shape index (κ1) is 51.9. The van der Waals surface area contributed by atoms with Crippen LogP contribution in [0, 0.1) is 5.41 Å². The van der Waals surface area contributed by atoms with E-state index in [-0.39, 0.29) is 18.2 Å². The van der Waals surface area contributed by atoms with Crippen molar-refractivity contribution in [1.82, 2.24) is 0 Å². The lowest BCUT2D eigenvalue weighted by atomic mass is 9.75. The molecule has 0 aliphatic heterocycles. The van der Waals surface area contributed by atoms with Gasteiger partial charge in [-0.15, -0.1) is 0 Å². The molecule has 56 heavy (non-hydrogen) atoms. The van der Waals surface area contributed by atoms with E-state index in [0.29, 0.717) is 0 Å². The fourth-order valence-electron chi connectivity index (χ4n) is 3.28. The predicted octanol–water partition coefficient (Wildman–Crippen LogP) is 7.87. The van der Waals surface area contributed by atoms with Crippen LogP contribution in [0.25, 0.3) is 0 Å². The summed E-state index contributed by atoms with van der Waals surface area (Å²) in [7, 11) is 0. The third-order valence-corrected chi connectivity index (χ3v) is 5.98. The molecule has 0 heterocycles. The van der Waals surface area contributed by atoms with Crippen molar-refractivity contribution in [2.24, 2.45) is 5.41 Å². The summed E-state index contributed by atoms with van der Waals surface area (Å²) in [6, 6.07) is 0. The lowest BCUT2D eigenvalue weighted by Crippen LogP contribution is -2.80. The Kier molecular flexibility index (Phi) is 14.9. The summed E-state index contributed by atoms with van der Waals surface area (Å²) in [6.07, 6.45) is -61.3. The van der Waals surface area contributed by atoms with E-state index in [1.165, 1.54) is 0 Å². The fraction of sp³-hybridized carbons (Fsp3) is 0.625. The van der Waals surface area contributed by atoms with Gasteiger partial charge < -0.3 is 14.2 Å². The van der Waals surface area contributed by atoms with E-state index in [1.807, 2.05) is 0 Å². The second-order valence-electron chi connectivity index (χ2n) is 9.79. The maximum Gasteiger partial charge on any atom is 0.455 e. The number of ether oxygens (including phenoxy) is 6. The van der Waals surface area contributed by atoms with Gasteiger partial charge in [0.25, 0.3) is 0 Å². The lowest BCUT2D eigenvalue weighted by Gasteiger charge is -2.52. The molecule has 326 valence electrons. The van der Waals surface area contributed by atoms with Gasteiger partial charge in [-0.25, -0.2) is 14.4 Å². The van der Waals surface area contributed by atoms with Crippen molar-refractivity contribution in [3.63, 3.8) is 0 Å². The molecule has 0 aromatic rings. The zero-order valence-corrected chi connectivity index (χ0v) is 25.8. The molecule has 0 bridgehead atoms. The highest BCUT2D eigenvalue weighted by atomic mass is 19.4. The molecular weight excluding hydrogens is 869 g/mol. The first-order chi connectivity index (χ1) is 24.5. The van der Waals surface area contributed by atoms with Gasteiger partial charge in [-0.3, -0.25) is 14.2 Å². The molecule has 0 N–H and O–H groups in total. The van der Waals surface area contributed by atoms with Crippen LogP contribution in [0.2, 0.25) is 0 Å². The van der Waals surface area contributed by atoms with E-state index in [2.05, 4.69) is 33.9 Å². The first-order valence-corrected chi connectivity index (χ1v) is 12.8. The number of carbonyl (C=O) groups excluding carboxylic acids is 3. The summed E-state index contributed by atoms with van der Waals surface area (Å²) in [6.45, 7) is -4.43. The number of esters is 3. The Morgan fingerprint density at radius 2 is 0.571 bits per heavy atom. The van der Waals surface area contributed by atoms with Crippen molar-refractivity contribution < 1.29 is 144 Å². The molecule has 3 atom stereocenters. The average Bonchev–Trinajstić information content (AvgIpc) is 2.97. The largest absolute Gasteiger partial charge is 0.456 e. The Bertz CT molecular complexity index is 1320. The van der Waals surface area contributed by atoms with Gasteiger partial charge in [0.15, 0.2) is 19.8 Å². The molecule has 0 aliphatic rings. The molecule has 3 unspecified atom stereocenters. The Balaban J connectivity index is 9.03. The third-order valence-electron chi connectivity index (χ3n) is 5.98. The highest BCUT2D eigenvalue weighted by molar-refractivity contribution is 5.81. The van der Waals surface area contributed by atoms with Crippen LogP contribution >= 0.6 is 0 Å². The Hall–Kier alpha value is -4.10. The summed E-state index contributed by atoms with van der Waals surface area (Å²) in [5.41, 5.74) is -9.88. The maximum atomic E-state index is 15.6. The van der Waals surface area contributed by atoms with Crippen LogP contribution in [0.1, 0.15) is 0 Å². The summed E-state index contributed by atoms with van der Waals surface area (Å²) < 4.78 is 347. The van der Waals surface area contributed by atoms with Crippen LogP contribution in [0.5, 0.6) is 0 Å². The molecule has 0 saturated carbocycles. The van der Waals surface area contributed by atoms with E-state index in [1.54, 1.807) is 14.2 Å². The van der Waals surface area contributed by atoms with E-state index in [4.69, 9.17) is 0 Å². The number of rotatable bonds is 19. The van der Waals surface area contributed by atoms with Crippen molar-refractivity contribution in [3.05, 3.63) is 38.0 Å². The highest BCUT2D eigenvalue weighted by Crippen LogP contribution is 2.71. The van der Waals surface area contributed by atoms with Crippen LogP contribution in [0.4, 0.5) is 101 Å². The normalized spacial score (nSPS) is 18.3. The van der Waals surface area contributed by atoms with Gasteiger partial charge in [0, 0.05) is 18.2 Å². The molecule has 0 aliphatic carbocycles. The topological polar surface area (TPSA) is 107 Å². The number of halogens is 23. The molecule has 0 saturated heterocycles. The van der Waals surface area contributed by atoms with E-state index < -0.39 is 110 Å². The van der Waals surface area contributed by atoms with Crippen LogP contribution in [0.15, 0.2) is 38.0 Å².